The summed E-state index contributed by atoms with van der Waals surface area (Å²) in [5, 5.41) is 2.90. The number of nitrogens with zero attached hydrogens (tertiary/aromatic N) is 2. The summed E-state index contributed by atoms with van der Waals surface area (Å²) in [6.07, 6.45) is 8.34. The number of allylic oxidation sites excluding steroid dienone is 3. The number of hydrogen-bond donors (Lipinski definition) is 1. The highest BCUT2D eigenvalue weighted by molar-refractivity contribution is 7.88. The number of fused-ring (bicyclic) bond motifs is 1. The molecule has 1 fully saturated rings. The minimum atomic E-state index is -3.21. The van der Waals surface area contributed by atoms with Crippen molar-refractivity contribution in [2.24, 2.45) is 16.8 Å². The first-order chi connectivity index (χ1) is 12.7. The molecule has 27 heavy (non-hydrogen) atoms. The minimum absolute atomic E-state index is 0.0182. The molecule has 0 spiro atoms. The van der Waals surface area contributed by atoms with E-state index in [4.69, 9.17) is 0 Å². The van der Waals surface area contributed by atoms with Gasteiger partial charge in [0.2, 0.25) is 15.9 Å². The number of piperidine rings is 1. The lowest BCUT2D eigenvalue weighted by atomic mass is 9.84. The summed E-state index contributed by atoms with van der Waals surface area (Å²) in [7, 11) is -3.21. The van der Waals surface area contributed by atoms with E-state index in [0.717, 1.165) is 16.8 Å². The normalized spacial score (nSPS) is 26.0. The van der Waals surface area contributed by atoms with Crippen LogP contribution < -0.4 is 5.32 Å². The average molecular weight is 391 g/mol. The number of carbonyl (C=O) groups excluding carboxylic acids is 2. The summed E-state index contributed by atoms with van der Waals surface area (Å²) in [6, 6.07) is 0. The predicted octanol–water partition coefficient (Wildman–Crippen LogP) is 1.55. The number of nitrogens with one attached hydrogen (secondary N) is 1. The standard InChI is InChI=1S/C19H25N3O4S/c1-4-15-12(2)16-6-5-14(11-17(16)21-19(15)24)20-18(23)13-7-9-22(10-8-13)27(3,25)26/h5-6,11,13,16H,4,7-10H2,1-3H3,(H,21,24). The van der Waals surface area contributed by atoms with Crippen molar-refractivity contribution in [3.05, 3.63) is 35.1 Å². The molecule has 146 valence electrons. The second-order valence-electron chi connectivity index (χ2n) is 7.22. The Kier molecular flexibility index (Phi) is 5.48. The summed E-state index contributed by atoms with van der Waals surface area (Å²) < 4.78 is 24.5. The Labute approximate surface area is 160 Å². The third-order valence-corrected chi connectivity index (χ3v) is 6.74. The van der Waals surface area contributed by atoms with E-state index in [1.54, 1.807) is 6.08 Å². The van der Waals surface area contributed by atoms with Crippen LogP contribution in [0.5, 0.6) is 0 Å². The predicted molar refractivity (Wildman–Crippen MR) is 103 cm³/mol. The van der Waals surface area contributed by atoms with Gasteiger partial charge in [0.25, 0.3) is 5.91 Å². The number of rotatable bonds is 3. The van der Waals surface area contributed by atoms with Crippen molar-refractivity contribution in [2.45, 2.75) is 33.1 Å². The highest BCUT2D eigenvalue weighted by Crippen LogP contribution is 2.31. The molecule has 3 aliphatic rings. The summed E-state index contributed by atoms with van der Waals surface area (Å²) in [5.41, 5.74) is 3.10. The molecule has 0 radical (unpaired) electrons. The fourth-order valence-corrected chi connectivity index (χ4v) is 4.70. The Morgan fingerprint density at radius 3 is 2.59 bits per heavy atom. The molecular formula is C19H25N3O4S. The molecule has 0 bridgehead atoms. The van der Waals surface area contributed by atoms with Crippen LogP contribution in [-0.2, 0) is 19.6 Å². The van der Waals surface area contributed by atoms with Gasteiger partial charge in [-0.25, -0.2) is 17.7 Å². The minimum Gasteiger partial charge on any atom is -0.325 e. The zero-order valence-corrected chi connectivity index (χ0v) is 16.7. The number of carbonyl (C=O) groups is 2. The van der Waals surface area contributed by atoms with E-state index in [2.05, 4.69) is 10.3 Å². The maximum atomic E-state index is 12.5. The van der Waals surface area contributed by atoms with E-state index >= 15 is 0 Å². The lowest BCUT2D eigenvalue weighted by molar-refractivity contribution is -0.122. The second kappa shape index (κ2) is 7.52. The van der Waals surface area contributed by atoms with E-state index in [0.29, 0.717) is 38.1 Å². The van der Waals surface area contributed by atoms with Crippen LogP contribution in [0, 0.1) is 11.8 Å². The summed E-state index contributed by atoms with van der Waals surface area (Å²) in [4.78, 5) is 28.9. The summed E-state index contributed by atoms with van der Waals surface area (Å²) in [5.74, 6) is -0.577. The Morgan fingerprint density at radius 2 is 2.00 bits per heavy atom. The molecule has 1 N–H and O–H groups in total. The maximum Gasteiger partial charge on any atom is 0.251 e. The molecule has 0 saturated carbocycles. The molecular weight excluding hydrogens is 366 g/mol. The van der Waals surface area contributed by atoms with Gasteiger partial charge in [0.1, 0.15) is 0 Å². The van der Waals surface area contributed by atoms with Crippen LogP contribution in [0.1, 0.15) is 33.1 Å². The first kappa shape index (κ1) is 19.7. The third-order valence-electron chi connectivity index (χ3n) is 5.44. The molecule has 7 nitrogen and oxygen atoms in total. The number of aliphatic imine (C=N–C) groups is 1. The third kappa shape index (κ3) is 4.11. The van der Waals surface area contributed by atoms with Crippen LogP contribution >= 0.6 is 0 Å². The SMILES string of the molecule is CCC1=C(C)C2C=CC(=NC(=O)C3CCN(S(C)(=O)=O)CC3)C=C2NC1=O. The molecule has 3 rings (SSSR count). The van der Waals surface area contributed by atoms with Gasteiger partial charge in [-0.2, -0.15) is 0 Å². The van der Waals surface area contributed by atoms with Gasteiger partial charge < -0.3 is 5.32 Å². The Hall–Kier alpha value is -2.06. The molecule has 0 aromatic carbocycles. The van der Waals surface area contributed by atoms with Crippen molar-refractivity contribution < 1.29 is 18.0 Å². The molecule has 0 aromatic rings. The molecule has 2 amide bonds. The first-order valence-corrected chi connectivity index (χ1v) is 11.0. The maximum absolute atomic E-state index is 12.5. The highest BCUT2D eigenvalue weighted by Gasteiger charge is 2.31. The van der Waals surface area contributed by atoms with Gasteiger partial charge in [-0.1, -0.05) is 18.6 Å². The van der Waals surface area contributed by atoms with Crippen molar-refractivity contribution in [3.8, 4) is 0 Å². The van der Waals surface area contributed by atoms with Crippen molar-refractivity contribution in [3.63, 3.8) is 0 Å². The molecule has 1 saturated heterocycles. The fraction of sp³-hybridized carbons (Fsp3) is 0.526. The zero-order valence-electron chi connectivity index (χ0n) is 15.9. The van der Waals surface area contributed by atoms with Crippen molar-refractivity contribution in [2.75, 3.05) is 19.3 Å². The van der Waals surface area contributed by atoms with Gasteiger partial charge in [0, 0.05) is 36.2 Å². The van der Waals surface area contributed by atoms with Crippen LogP contribution in [-0.4, -0.2) is 49.6 Å². The van der Waals surface area contributed by atoms with E-state index in [-0.39, 0.29) is 23.7 Å². The van der Waals surface area contributed by atoms with E-state index in [1.807, 2.05) is 26.0 Å². The van der Waals surface area contributed by atoms with Crippen LogP contribution in [0.25, 0.3) is 0 Å². The smallest absolute Gasteiger partial charge is 0.251 e. The molecule has 2 heterocycles. The lowest BCUT2D eigenvalue weighted by Crippen LogP contribution is -2.39. The van der Waals surface area contributed by atoms with E-state index < -0.39 is 10.0 Å². The summed E-state index contributed by atoms with van der Waals surface area (Å²) >= 11 is 0. The number of sulfonamides is 1. The molecule has 1 aliphatic carbocycles. The van der Waals surface area contributed by atoms with Gasteiger partial charge in [0.15, 0.2) is 0 Å². The summed E-state index contributed by atoms with van der Waals surface area (Å²) in [6.45, 7) is 4.61. The Morgan fingerprint density at radius 1 is 1.33 bits per heavy atom. The quantitative estimate of drug-likeness (QED) is 0.789. The van der Waals surface area contributed by atoms with Crippen LogP contribution in [0.4, 0.5) is 0 Å². The van der Waals surface area contributed by atoms with Crippen molar-refractivity contribution >= 4 is 27.5 Å². The monoisotopic (exact) mass is 391 g/mol. The van der Waals surface area contributed by atoms with E-state index in [9.17, 15) is 18.0 Å². The average Bonchev–Trinajstić information content (AvgIpc) is 2.61. The van der Waals surface area contributed by atoms with Crippen LogP contribution in [0.15, 0.2) is 40.1 Å². The van der Waals surface area contributed by atoms with Crippen LogP contribution in [0.2, 0.25) is 0 Å². The number of hydrogen-bond acceptors (Lipinski definition) is 4. The molecule has 0 aromatic heterocycles. The van der Waals surface area contributed by atoms with Gasteiger partial charge >= 0.3 is 0 Å². The topological polar surface area (TPSA) is 95.9 Å². The first-order valence-electron chi connectivity index (χ1n) is 9.19. The van der Waals surface area contributed by atoms with E-state index in [1.165, 1.54) is 10.6 Å². The Bertz CT molecular complexity index is 888. The Balaban J connectivity index is 1.71. The second-order valence-corrected chi connectivity index (χ2v) is 9.20. The van der Waals surface area contributed by atoms with Crippen molar-refractivity contribution in [1.82, 2.24) is 9.62 Å². The fourth-order valence-electron chi connectivity index (χ4n) is 3.82. The molecule has 8 heteroatoms. The molecule has 1 atom stereocenters. The molecule has 2 aliphatic heterocycles. The largest absolute Gasteiger partial charge is 0.325 e. The van der Waals surface area contributed by atoms with Gasteiger partial charge in [0.05, 0.1) is 12.0 Å². The van der Waals surface area contributed by atoms with Gasteiger partial charge in [-0.05, 0) is 38.3 Å². The van der Waals surface area contributed by atoms with Gasteiger partial charge in [-0.15, -0.1) is 0 Å². The van der Waals surface area contributed by atoms with Gasteiger partial charge in [-0.3, -0.25) is 9.59 Å². The highest BCUT2D eigenvalue weighted by atomic mass is 32.2. The van der Waals surface area contributed by atoms with Crippen LogP contribution in [0.3, 0.4) is 0 Å². The zero-order chi connectivity index (χ0) is 19.8. The van der Waals surface area contributed by atoms with Crippen molar-refractivity contribution in [1.29, 1.82) is 0 Å². The molecule has 1 unspecified atom stereocenters. The lowest BCUT2D eigenvalue weighted by Gasteiger charge is -2.30. The number of amides is 2.